The average molecular weight is 197 g/mol. The highest BCUT2D eigenvalue weighted by Gasteiger charge is 2.20. The van der Waals surface area contributed by atoms with Crippen molar-refractivity contribution in [3.8, 4) is 0 Å². The first-order valence-corrected chi connectivity index (χ1v) is 4.92. The topological polar surface area (TPSA) is 60.0 Å². The first-order chi connectivity index (χ1) is 6.90. The first kappa shape index (κ1) is 9.61. The van der Waals surface area contributed by atoms with Crippen molar-refractivity contribution in [2.75, 3.05) is 13.7 Å². The Morgan fingerprint density at radius 1 is 1.57 bits per heavy atom. The predicted molar refractivity (Wildman–Crippen MR) is 49.6 cm³/mol. The van der Waals surface area contributed by atoms with Crippen LogP contribution < -0.4 is 0 Å². The summed E-state index contributed by atoms with van der Waals surface area (Å²) in [6, 6.07) is 0. The van der Waals surface area contributed by atoms with Crippen LogP contribution in [0, 0.1) is 0 Å². The van der Waals surface area contributed by atoms with Gasteiger partial charge < -0.3 is 9.47 Å². The van der Waals surface area contributed by atoms with Crippen LogP contribution in [0.2, 0.25) is 0 Å². The summed E-state index contributed by atoms with van der Waals surface area (Å²) in [5, 5.41) is 6.96. The van der Waals surface area contributed by atoms with Crippen molar-refractivity contribution in [2.45, 2.75) is 32.0 Å². The molecule has 0 bridgehead atoms. The van der Waals surface area contributed by atoms with E-state index in [2.05, 4.69) is 15.2 Å². The van der Waals surface area contributed by atoms with Crippen LogP contribution in [0.15, 0.2) is 0 Å². The number of H-pyrrole nitrogens is 1. The second kappa shape index (κ2) is 4.52. The average Bonchev–Trinajstić information content (AvgIpc) is 2.68. The minimum atomic E-state index is 0.0746. The Kier molecular flexibility index (Phi) is 3.10. The zero-order valence-corrected chi connectivity index (χ0v) is 8.32. The summed E-state index contributed by atoms with van der Waals surface area (Å²) in [6.07, 6.45) is 3.43. The Morgan fingerprint density at radius 2 is 2.50 bits per heavy atom. The van der Waals surface area contributed by atoms with Crippen LogP contribution in [0.3, 0.4) is 0 Å². The fraction of sp³-hybridized carbons (Fsp3) is 0.778. The van der Waals surface area contributed by atoms with Crippen LogP contribution in [-0.4, -0.2) is 28.9 Å². The molecule has 2 heterocycles. The highest BCUT2D eigenvalue weighted by molar-refractivity contribution is 4.94. The lowest BCUT2D eigenvalue weighted by molar-refractivity contribution is 0.00956. The van der Waals surface area contributed by atoms with Crippen molar-refractivity contribution < 1.29 is 9.47 Å². The Bertz CT molecular complexity index is 281. The lowest BCUT2D eigenvalue weighted by atomic mass is 10.1. The number of hydrogen-bond acceptors (Lipinski definition) is 4. The first-order valence-electron chi connectivity index (χ1n) is 4.92. The zero-order chi connectivity index (χ0) is 9.80. The maximum Gasteiger partial charge on any atom is 0.179 e. The second-order valence-electron chi connectivity index (χ2n) is 3.43. The minimum Gasteiger partial charge on any atom is -0.377 e. The van der Waals surface area contributed by atoms with Gasteiger partial charge in [-0.05, 0) is 19.3 Å². The number of aromatic amines is 1. The molecule has 5 nitrogen and oxygen atoms in total. The summed E-state index contributed by atoms with van der Waals surface area (Å²) in [7, 11) is 1.64. The van der Waals surface area contributed by atoms with Gasteiger partial charge in [0.1, 0.15) is 12.7 Å². The molecule has 5 heteroatoms. The molecule has 1 aliphatic rings. The molecular formula is C9H15N3O2. The van der Waals surface area contributed by atoms with Crippen molar-refractivity contribution in [2.24, 2.45) is 0 Å². The van der Waals surface area contributed by atoms with E-state index < -0.39 is 0 Å². The van der Waals surface area contributed by atoms with Crippen molar-refractivity contribution in [3.05, 3.63) is 11.6 Å². The number of ether oxygens (including phenoxy) is 2. The Balaban J connectivity index is 2.00. The summed E-state index contributed by atoms with van der Waals surface area (Å²) in [5.74, 6) is 1.52. The highest BCUT2D eigenvalue weighted by Crippen LogP contribution is 2.24. The monoisotopic (exact) mass is 197 g/mol. The number of nitrogens with one attached hydrogen (secondary N) is 1. The molecule has 1 aromatic heterocycles. The second-order valence-corrected chi connectivity index (χ2v) is 3.43. The van der Waals surface area contributed by atoms with Gasteiger partial charge >= 0.3 is 0 Å². The molecule has 0 radical (unpaired) electrons. The molecule has 0 amide bonds. The van der Waals surface area contributed by atoms with Gasteiger partial charge in [0.25, 0.3) is 0 Å². The molecule has 1 aliphatic heterocycles. The summed E-state index contributed by atoms with van der Waals surface area (Å²) < 4.78 is 10.5. The minimum absolute atomic E-state index is 0.0746. The molecule has 1 unspecified atom stereocenters. The molecule has 1 aromatic rings. The molecule has 1 fully saturated rings. The van der Waals surface area contributed by atoms with Crippen LogP contribution in [0.5, 0.6) is 0 Å². The molecule has 1 N–H and O–H groups in total. The summed E-state index contributed by atoms with van der Waals surface area (Å²) >= 11 is 0. The van der Waals surface area contributed by atoms with Crippen molar-refractivity contribution in [1.82, 2.24) is 15.2 Å². The van der Waals surface area contributed by atoms with E-state index in [0.717, 1.165) is 31.1 Å². The molecular weight excluding hydrogens is 182 g/mol. The van der Waals surface area contributed by atoms with Gasteiger partial charge in [-0.2, -0.15) is 5.10 Å². The lowest BCUT2D eigenvalue weighted by Crippen LogP contribution is -2.12. The number of aromatic nitrogens is 3. The molecule has 0 saturated carbocycles. The normalized spacial score (nSPS) is 22.5. The third-order valence-corrected chi connectivity index (χ3v) is 2.30. The van der Waals surface area contributed by atoms with E-state index in [1.165, 1.54) is 6.42 Å². The molecule has 1 saturated heterocycles. The van der Waals surface area contributed by atoms with E-state index in [4.69, 9.17) is 9.47 Å². The van der Waals surface area contributed by atoms with Gasteiger partial charge in [-0.3, -0.25) is 5.10 Å². The number of rotatable bonds is 3. The van der Waals surface area contributed by atoms with Crippen molar-refractivity contribution >= 4 is 0 Å². The summed E-state index contributed by atoms with van der Waals surface area (Å²) in [6.45, 7) is 1.29. The van der Waals surface area contributed by atoms with Gasteiger partial charge in [0, 0.05) is 13.7 Å². The third kappa shape index (κ3) is 2.10. The zero-order valence-electron chi connectivity index (χ0n) is 8.32. The van der Waals surface area contributed by atoms with E-state index in [0.29, 0.717) is 6.61 Å². The van der Waals surface area contributed by atoms with E-state index in [9.17, 15) is 0 Å². The van der Waals surface area contributed by atoms with Crippen LogP contribution >= 0.6 is 0 Å². The molecule has 78 valence electrons. The van der Waals surface area contributed by atoms with Gasteiger partial charge in [-0.15, -0.1) is 0 Å². The van der Waals surface area contributed by atoms with Gasteiger partial charge in [-0.1, -0.05) is 0 Å². The molecule has 0 aliphatic carbocycles. The lowest BCUT2D eigenvalue weighted by Gasteiger charge is -2.19. The number of nitrogens with zero attached hydrogens (tertiary/aromatic N) is 2. The van der Waals surface area contributed by atoms with Gasteiger partial charge in [0.2, 0.25) is 0 Å². The maximum atomic E-state index is 5.57. The maximum absolute atomic E-state index is 5.57. The van der Waals surface area contributed by atoms with Crippen molar-refractivity contribution in [3.63, 3.8) is 0 Å². The molecule has 0 aromatic carbocycles. The predicted octanol–water partition coefficient (Wildman–Crippen LogP) is 1.19. The summed E-state index contributed by atoms with van der Waals surface area (Å²) in [5.41, 5.74) is 0. The SMILES string of the molecule is COCc1nc(C2CCCCO2)n[nH]1. The van der Waals surface area contributed by atoms with E-state index in [1.54, 1.807) is 7.11 Å². The van der Waals surface area contributed by atoms with Crippen LogP contribution in [0.4, 0.5) is 0 Å². The molecule has 2 rings (SSSR count). The number of methoxy groups -OCH3 is 1. The van der Waals surface area contributed by atoms with Gasteiger partial charge in [0.15, 0.2) is 11.6 Å². The fourth-order valence-corrected chi connectivity index (χ4v) is 1.60. The highest BCUT2D eigenvalue weighted by atomic mass is 16.5. The number of hydrogen-bond donors (Lipinski definition) is 1. The molecule has 14 heavy (non-hydrogen) atoms. The van der Waals surface area contributed by atoms with E-state index >= 15 is 0 Å². The van der Waals surface area contributed by atoms with Crippen LogP contribution in [-0.2, 0) is 16.1 Å². The largest absolute Gasteiger partial charge is 0.377 e. The Morgan fingerprint density at radius 3 is 3.21 bits per heavy atom. The van der Waals surface area contributed by atoms with Gasteiger partial charge in [-0.25, -0.2) is 4.98 Å². The van der Waals surface area contributed by atoms with Crippen molar-refractivity contribution in [1.29, 1.82) is 0 Å². The van der Waals surface area contributed by atoms with E-state index in [-0.39, 0.29) is 6.10 Å². The molecule has 0 spiro atoms. The Hall–Kier alpha value is -0.940. The quantitative estimate of drug-likeness (QED) is 0.790. The summed E-state index contributed by atoms with van der Waals surface area (Å²) in [4.78, 5) is 4.31. The fourth-order valence-electron chi connectivity index (χ4n) is 1.60. The third-order valence-electron chi connectivity index (χ3n) is 2.30. The van der Waals surface area contributed by atoms with Crippen LogP contribution in [0.25, 0.3) is 0 Å². The Labute approximate surface area is 82.8 Å². The smallest absolute Gasteiger partial charge is 0.179 e. The standard InChI is InChI=1S/C9H15N3O2/c1-13-6-8-10-9(12-11-8)7-4-2-3-5-14-7/h7H,2-6H2,1H3,(H,10,11,12). The van der Waals surface area contributed by atoms with Crippen LogP contribution in [0.1, 0.15) is 37.0 Å². The van der Waals surface area contributed by atoms with Gasteiger partial charge in [0.05, 0.1) is 0 Å². The van der Waals surface area contributed by atoms with E-state index in [1.807, 2.05) is 0 Å². The molecule has 1 atom stereocenters.